The lowest BCUT2D eigenvalue weighted by Crippen LogP contribution is -2.46. The van der Waals surface area contributed by atoms with E-state index in [4.69, 9.17) is 0 Å². The highest BCUT2D eigenvalue weighted by molar-refractivity contribution is 5.89. The van der Waals surface area contributed by atoms with E-state index in [1.165, 1.54) is 39.7 Å². The third-order valence-corrected chi connectivity index (χ3v) is 6.50. The van der Waals surface area contributed by atoms with E-state index in [-0.39, 0.29) is 41.3 Å². The Morgan fingerprint density at radius 3 is 2.43 bits per heavy atom. The van der Waals surface area contributed by atoms with Gasteiger partial charge in [0.25, 0.3) is 11.5 Å². The van der Waals surface area contributed by atoms with E-state index in [0.717, 1.165) is 12.3 Å². The normalized spacial score (nSPS) is 17.9. The van der Waals surface area contributed by atoms with Crippen molar-refractivity contribution in [2.75, 3.05) is 18.0 Å². The zero-order chi connectivity index (χ0) is 26.7. The lowest BCUT2D eigenvalue weighted by molar-refractivity contribution is -0.141. The van der Waals surface area contributed by atoms with Gasteiger partial charge in [-0.05, 0) is 19.1 Å². The molecule has 194 valence electrons. The predicted molar refractivity (Wildman–Crippen MR) is 123 cm³/mol. The minimum Gasteiger partial charge on any atom is -0.340 e. The van der Waals surface area contributed by atoms with Gasteiger partial charge < -0.3 is 4.90 Å². The van der Waals surface area contributed by atoms with Crippen molar-refractivity contribution in [1.29, 1.82) is 0 Å². The van der Waals surface area contributed by atoms with Crippen molar-refractivity contribution in [2.24, 2.45) is 14.1 Å². The summed E-state index contributed by atoms with van der Waals surface area (Å²) in [5, 5.41) is 4.00. The molecule has 1 atom stereocenters. The first-order chi connectivity index (χ1) is 17.3. The summed E-state index contributed by atoms with van der Waals surface area (Å²) < 4.78 is 71.6. The van der Waals surface area contributed by atoms with Crippen molar-refractivity contribution in [3.63, 3.8) is 0 Å². The van der Waals surface area contributed by atoms with Gasteiger partial charge in [-0.3, -0.25) is 19.0 Å². The number of pyridine rings is 1. The Labute approximate surface area is 206 Å². The molecular weight excluding hydrogens is 499 g/mol. The van der Waals surface area contributed by atoms with Crippen LogP contribution in [0.25, 0.3) is 22.3 Å². The highest BCUT2D eigenvalue weighted by atomic mass is 19.4. The maximum Gasteiger partial charge on any atom is 0.433 e. The first-order valence-electron chi connectivity index (χ1n) is 11.3. The number of aryl methyl sites for hydroxylation is 2. The van der Waals surface area contributed by atoms with Crippen LogP contribution in [-0.2, 0) is 20.3 Å². The molecule has 4 aromatic rings. The molecule has 0 amide bonds. The van der Waals surface area contributed by atoms with Gasteiger partial charge in [0.05, 0.1) is 12.1 Å². The van der Waals surface area contributed by atoms with E-state index in [1.54, 1.807) is 14.0 Å². The van der Waals surface area contributed by atoms with Gasteiger partial charge >= 0.3 is 6.18 Å². The Morgan fingerprint density at radius 2 is 1.81 bits per heavy atom. The highest BCUT2D eigenvalue weighted by Gasteiger charge is 2.46. The molecule has 1 aliphatic heterocycles. The lowest BCUT2D eigenvalue weighted by Gasteiger charge is -2.38. The number of anilines is 1. The van der Waals surface area contributed by atoms with Crippen LogP contribution in [-0.4, -0.2) is 53.3 Å². The van der Waals surface area contributed by atoms with Crippen LogP contribution < -0.4 is 10.5 Å². The van der Waals surface area contributed by atoms with Gasteiger partial charge in [-0.25, -0.2) is 23.7 Å². The maximum absolute atomic E-state index is 14.9. The summed E-state index contributed by atoms with van der Waals surface area (Å²) in [4.78, 5) is 31.4. The van der Waals surface area contributed by atoms with Gasteiger partial charge in [0, 0.05) is 57.1 Å². The molecular formula is C23H21F5N8O. The Hall–Kier alpha value is -3.97. The zero-order valence-electron chi connectivity index (χ0n) is 20.0. The van der Waals surface area contributed by atoms with Crippen LogP contribution in [0.4, 0.5) is 27.9 Å². The van der Waals surface area contributed by atoms with E-state index < -0.39 is 35.7 Å². The molecule has 0 spiro atoms. The van der Waals surface area contributed by atoms with E-state index in [1.807, 2.05) is 0 Å². The quantitative estimate of drug-likeness (QED) is 0.382. The number of hydrogen-bond acceptors (Lipinski definition) is 7. The molecule has 0 bridgehead atoms. The Bertz CT molecular complexity index is 1540. The summed E-state index contributed by atoms with van der Waals surface area (Å²) in [5.74, 6) is -3.88. The number of aromatic nitrogens is 7. The number of piperidine rings is 1. The number of rotatable bonds is 3. The minimum atomic E-state index is -4.64. The molecule has 4 aromatic heterocycles. The van der Waals surface area contributed by atoms with E-state index in [2.05, 4.69) is 25.0 Å². The largest absolute Gasteiger partial charge is 0.433 e. The average Bonchev–Trinajstić information content (AvgIpc) is 3.27. The Kier molecular flexibility index (Phi) is 5.72. The van der Waals surface area contributed by atoms with Crippen LogP contribution in [0.3, 0.4) is 0 Å². The second kappa shape index (κ2) is 8.56. The van der Waals surface area contributed by atoms with Crippen LogP contribution in [0.15, 0.2) is 35.5 Å². The van der Waals surface area contributed by atoms with Gasteiger partial charge in [-0.1, -0.05) is 0 Å². The zero-order valence-corrected chi connectivity index (χ0v) is 20.0. The monoisotopic (exact) mass is 520 g/mol. The molecule has 0 saturated carbocycles. The molecule has 14 heteroatoms. The van der Waals surface area contributed by atoms with Gasteiger partial charge in [0.1, 0.15) is 22.7 Å². The fourth-order valence-electron chi connectivity index (χ4n) is 4.34. The number of hydrogen-bond donors (Lipinski definition) is 0. The molecule has 0 unspecified atom stereocenters. The van der Waals surface area contributed by atoms with Crippen molar-refractivity contribution in [3.8, 4) is 11.3 Å². The first kappa shape index (κ1) is 24.7. The second-order valence-corrected chi connectivity index (χ2v) is 8.98. The minimum absolute atomic E-state index is 0.00505. The Balaban J connectivity index is 1.65. The third-order valence-electron chi connectivity index (χ3n) is 6.50. The standard InChI is InChI=1S/C23H21F5N8O/c1-12-31-18-17(13-4-5-16(29-8-13)23(26,27)28)32-21(33-19(18)20(37)35(12)3)36-7-6-22(24,25)15(11-36)14-9-30-34(2)10-14/h4-5,8-10,15H,6-7,11H2,1-3H3/t15-/m0/s1. The van der Waals surface area contributed by atoms with Gasteiger partial charge in [-0.15, -0.1) is 0 Å². The maximum atomic E-state index is 14.9. The van der Waals surface area contributed by atoms with E-state index in [9.17, 15) is 26.7 Å². The van der Waals surface area contributed by atoms with E-state index >= 15 is 0 Å². The topological polar surface area (TPSA) is 94.6 Å². The van der Waals surface area contributed by atoms with Crippen LogP contribution in [0.5, 0.6) is 0 Å². The molecule has 0 aliphatic carbocycles. The van der Waals surface area contributed by atoms with Crippen LogP contribution in [0.2, 0.25) is 0 Å². The second-order valence-electron chi connectivity index (χ2n) is 8.98. The molecule has 1 fully saturated rings. The molecule has 1 saturated heterocycles. The molecule has 0 aromatic carbocycles. The summed E-state index contributed by atoms with van der Waals surface area (Å²) in [6.07, 6.45) is -1.24. The SMILES string of the molecule is Cc1nc2c(-c3ccc(C(F)(F)F)nc3)nc(N3CCC(F)(F)[C@H](c4cnn(C)c4)C3)nc2c(=O)n1C. The highest BCUT2D eigenvalue weighted by Crippen LogP contribution is 2.41. The van der Waals surface area contributed by atoms with E-state index in [0.29, 0.717) is 11.4 Å². The molecule has 5 heterocycles. The molecule has 9 nitrogen and oxygen atoms in total. The van der Waals surface area contributed by atoms with Gasteiger partial charge in [0.15, 0.2) is 5.52 Å². The first-order valence-corrected chi connectivity index (χ1v) is 11.3. The molecule has 0 N–H and O–H groups in total. The summed E-state index contributed by atoms with van der Waals surface area (Å²) in [6.45, 7) is 1.34. The molecule has 37 heavy (non-hydrogen) atoms. The Morgan fingerprint density at radius 1 is 1.05 bits per heavy atom. The molecule has 1 aliphatic rings. The fraction of sp³-hybridized carbons (Fsp3) is 0.391. The molecule has 5 rings (SSSR count). The van der Waals surface area contributed by atoms with Crippen molar-refractivity contribution < 1.29 is 22.0 Å². The van der Waals surface area contributed by atoms with Crippen molar-refractivity contribution in [1.82, 2.24) is 34.3 Å². The van der Waals surface area contributed by atoms with Gasteiger partial charge in [-0.2, -0.15) is 18.3 Å². The summed E-state index contributed by atoms with van der Waals surface area (Å²) in [7, 11) is 3.13. The predicted octanol–water partition coefficient (Wildman–Crippen LogP) is 3.48. The fourth-order valence-corrected chi connectivity index (χ4v) is 4.34. The summed E-state index contributed by atoms with van der Waals surface area (Å²) in [5.41, 5.74) is -0.991. The van der Waals surface area contributed by atoms with Crippen LogP contribution in [0, 0.1) is 6.92 Å². The number of fused-ring (bicyclic) bond motifs is 1. The molecule has 0 radical (unpaired) electrons. The van der Waals surface area contributed by atoms with Gasteiger partial charge in [0.2, 0.25) is 5.95 Å². The average molecular weight is 520 g/mol. The lowest BCUT2D eigenvalue weighted by atomic mass is 9.89. The smallest absolute Gasteiger partial charge is 0.340 e. The van der Waals surface area contributed by atoms with Crippen molar-refractivity contribution >= 4 is 17.0 Å². The number of nitrogens with zero attached hydrogens (tertiary/aromatic N) is 8. The number of alkyl halides is 5. The van der Waals surface area contributed by atoms with Crippen molar-refractivity contribution in [3.05, 3.63) is 58.2 Å². The van der Waals surface area contributed by atoms with Crippen LogP contribution in [0.1, 0.15) is 29.4 Å². The number of halogens is 5. The van der Waals surface area contributed by atoms with Crippen molar-refractivity contribution in [2.45, 2.75) is 31.4 Å². The summed E-state index contributed by atoms with van der Waals surface area (Å²) in [6, 6.07) is 1.98. The third kappa shape index (κ3) is 4.40. The summed E-state index contributed by atoms with van der Waals surface area (Å²) >= 11 is 0. The van der Waals surface area contributed by atoms with Crippen LogP contribution >= 0.6 is 0 Å².